The Morgan fingerprint density at radius 1 is 1.00 bits per heavy atom. The predicted octanol–water partition coefficient (Wildman–Crippen LogP) is 1.67. The Morgan fingerprint density at radius 3 is 2.27 bits per heavy atom. The summed E-state index contributed by atoms with van der Waals surface area (Å²) in [6.07, 6.45) is 0. The van der Waals surface area contributed by atoms with Crippen molar-refractivity contribution < 1.29 is 24.6 Å². The van der Waals surface area contributed by atoms with Crippen LogP contribution in [-0.2, 0) is 9.59 Å². The molecule has 1 amide bonds. The lowest BCUT2D eigenvalue weighted by molar-refractivity contribution is -0.136. The molecular weight excluding hydrogens is 286 g/mol. The van der Waals surface area contributed by atoms with Gasteiger partial charge in [-0.15, -0.1) is 0 Å². The van der Waals surface area contributed by atoms with Gasteiger partial charge in [-0.1, -0.05) is 18.2 Å². The number of phenolic OH excluding ortho intramolecular Hbond substituents is 1. The maximum absolute atomic E-state index is 12.0. The van der Waals surface area contributed by atoms with Crippen molar-refractivity contribution in [1.29, 1.82) is 0 Å². The van der Waals surface area contributed by atoms with E-state index in [-0.39, 0.29) is 11.3 Å². The first-order chi connectivity index (χ1) is 10.5. The van der Waals surface area contributed by atoms with E-state index in [0.29, 0.717) is 11.3 Å². The molecule has 0 spiro atoms. The van der Waals surface area contributed by atoms with E-state index in [2.05, 4.69) is 0 Å². The van der Waals surface area contributed by atoms with Gasteiger partial charge in [-0.25, -0.2) is 0 Å². The van der Waals surface area contributed by atoms with E-state index < -0.39 is 24.2 Å². The fourth-order valence-corrected chi connectivity index (χ4v) is 2.43. The molecule has 0 saturated heterocycles. The largest absolute Gasteiger partial charge is 0.508 e. The van der Waals surface area contributed by atoms with Gasteiger partial charge in [-0.3, -0.25) is 19.3 Å². The van der Waals surface area contributed by atoms with E-state index in [9.17, 15) is 19.5 Å². The van der Waals surface area contributed by atoms with Crippen LogP contribution in [0.25, 0.3) is 11.1 Å². The van der Waals surface area contributed by atoms with E-state index in [1.165, 1.54) is 12.1 Å². The third-order valence-corrected chi connectivity index (χ3v) is 3.47. The van der Waals surface area contributed by atoms with Crippen LogP contribution in [0.3, 0.4) is 0 Å². The van der Waals surface area contributed by atoms with Crippen molar-refractivity contribution in [3.8, 4) is 16.9 Å². The molecule has 1 aliphatic heterocycles. The summed E-state index contributed by atoms with van der Waals surface area (Å²) in [5.41, 5.74) is 1.98. The Bertz CT molecular complexity index is 795. The van der Waals surface area contributed by atoms with E-state index >= 15 is 0 Å². The molecule has 3 rings (SSSR count). The van der Waals surface area contributed by atoms with Crippen LogP contribution in [0.1, 0.15) is 10.4 Å². The van der Waals surface area contributed by atoms with Crippen molar-refractivity contribution in [3.63, 3.8) is 0 Å². The lowest BCUT2D eigenvalue weighted by Gasteiger charge is -2.13. The summed E-state index contributed by atoms with van der Waals surface area (Å²) in [6.45, 7) is -0.546. The van der Waals surface area contributed by atoms with Crippen LogP contribution in [0.15, 0.2) is 42.5 Å². The Balaban J connectivity index is 2.04. The molecule has 2 N–H and O–H groups in total. The second-order valence-electron chi connectivity index (χ2n) is 4.89. The van der Waals surface area contributed by atoms with Crippen molar-refractivity contribution in [2.75, 3.05) is 11.4 Å². The van der Waals surface area contributed by atoms with Crippen LogP contribution >= 0.6 is 0 Å². The average molecular weight is 297 g/mol. The SMILES string of the molecule is O=C(O)CN1C(=O)C(=O)c2cc(-c3ccc(O)cc3)ccc21. The van der Waals surface area contributed by atoms with Gasteiger partial charge in [0.05, 0.1) is 11.3 Å². The van der Waals surface area contributed by atoms with Gasteiger partial charge in [0.25, 0.3) is 11.7 Å². The van der Waals surface area contributed by atoms with Gasteiger partial charge in [0, 0.05) is 0 Å². The number of rotatable bonds is 3. The van der Waals surface area contributed by atoms with Gasteiger partial charge < -0.3 is 10.2 Å². The molecule has 0 saturated carbocycles. The highest BCUT2D eigenvalue weighted by Gasteiger charge is 2.36. The first-order valence-corrected chi connectivity index (χ1v) is 6.49. The maximum Gasteiger partial charge on any atom is 0.323 e. The number of hydrogen-bond acceptors (Lipinski definition) is 4. The van der Waals surface area contributed by atoms with Gasteiger partial charge in [-0.05, 0) is 35.4 Å². The number of fused-ring (bicyclic) bond motifs is 1. The molecule has 2 aromatic carbocycles. The maximum atomic E-state index is 12.0. The number of aromatic hydroxyl groups is 1. The number of anilines is 1. The quantitative estimate of drug-likeness (QED) is 0.840. The van der Waals surface area contributed by atoms with Crippen LogP contribution in [-0.4, -0.2) is 34.4 Å². The number of phenols is 1. The molecule has 110 valence electrons. The molecule has 1 heterocycles. The first kappa shape index (κ1) is 13.8. The number of carboxylic acids is 1. The predicted molar refractivity (Wildman–Crippen MR) is 77.9 cm³/mol. The van der Waals surface area contributed by atoms with Gasteiger partial charge in [0.15, 0.2) is 0 Å². The molecule has 6 nitrogen and oxygen atoms in total. The smallest absolute Gasteiger partial charge is 0.323 e. The minimum Gasteiger partial charge on any atom is -0.508 e. The van der Waals surface area contributed by atoms with Gasteiger partial charge in [0.1, 0.15) is 12.3 Å². The van der Waals surface area contributed by atoms with Crippen molar-refractivity contribution in [3.05, 3.63) is 48.0 Å². The van der Waals surface area contributed by atoms with E-state index in [1.807, 2.05) is 0 Å². The minimum atomic E-state index is -1.18. The van der Waals surface area contributed by atoms with Crippen molar-refractivity contribution in [2.45, 2.75) is 0 Å². The number of carbonyl (C=O) groups excluding carboxylic acids is 2. The fourth-order valence-electron chi connectivity index (χ4n) is 2.43. The average Bonchev–Trinajstić information content (AvgIpc) is 2.72. The zero-order chi connectivity index (χ0) is 15.9. The summed E-state index contributed by atoms with van der Waals surface area (Å²) < 4.78 is 0. The van der Waals surface area contributed by atoms with Crippen molar-refractivity contribution in [1.82, 2.24) is 0 Å². The summed E-state index contributed by atoms with van der Waals surface area (Å²) in [7, 11) is 0. The van der Waals surface area contributed by atoms with Gasteiger partial charge in [-0.2, -0.15) is 0 Å². The molecule has 6 heteroatoms. The number of benzene rings is 2. The number of nitrogens with zero attached hydrogens (tertiary/aromatic N) is 1. The Hall–Kier alpha value is -3.15. The first-order valence-electron chi connectivity index (χ1n) is 6.49. The number of carboxylic acid groups (broad SMARTS) is 1. The molecule has 22 heavy (non-hydrogen) atoms. The van der Waals surface area contributed by atoms with Crippen molar-refractivity contribution in [2.24, 2.45) is 0 Å². The highest BCUT2D eigenvalue weighted by atomic mass is 16.4. The Morgan fingerprint density at radius 2 is 1.64 bits per heavy atom. The van der Waals surface area contributed by atoms with Crippen LogP contribution < -0.4 is 4.90 Å². The lowest BCUT2D eigenvalue weighted by atomic mass is 10.0. The highest BCUT2D eigenvalue weighted by molar-refractivity contribution is 6.52. The summed E-state index contributed by atoms with van der Waals surface area (Å²) >= 11 is 0. The van der Waals surface area contributed by atoms with Crippen LogP contribution in [0.2, 0.25) is 0 Å². The molecule has 0 aromatic heterocycles. The van der Waals surface area contributed by atoms with Crippen LogP contribution in [0, 0.1) is 0 Å². The normalized spacial score (nSPS) is 13.4. The summed E-state index contributed by atoms with van der Waals surface area (Å²) in [5, 5.41) is 18.1. The lowest BCUT2D eigenvalue weighted by Crippen LogP contribution is -2.34. The summed E-state index contributed by atoms with van der Waals surface area (Å²) in [5.74, 6) is -2.60. The molecule has 1 aliphatic rings. The molecule has 0 unspecified atom stereocenters. The topological polar surface area (TPSA) is 94.9 Å². The van der Waals surface area contributed by atoms with Gasteiger partial charge in [0.2, 0.25) is 0 Å². The summed E-state index contributed by atoms with van der Waals surface area (Å²) in [6, 6.07) is 11.2. The molecule has 0 atom stereocenters. The van der Waals surface area contributed by atoms with Crippen LogP contribution in [0.5, 0.6) is 5.75 Å². The number of hydrogen-bond donors (Lipinski definition) is 2. The van der Waals surface area contributed by atoms with E-state index in [4.69, 9.17) is 5.11 Å². The zero-order valence-corrected chi connectivity index (χ0v) is 11.3. The van der Waals surface area contributed by atoms with Crippen molar-refractivity contribution >= 4 is 23.3 Å². The van der Waals surface area contributed by atoms with Gasteiger partial charge >= 0.3 is 5.97 Å². The number of Topliss-reactive ketones (excluding diaryl/α,β-unsaturated/α-hetero) is 1. The zero-order valence-electron chi connectivity index (χ0n) is 11.3. The molecule has 2 aromatic rings. The number of ketones is 1. The molecular formula is C16H11NO5. The number of carbonyl (C=O) groups is 3. The van der Waals surface area contributed by atoms with Crippen LogP contribution in [0.4, 0.5) is 5.69 Å². The monoisotopic (exact) mass is 297 g/mol. The highest BCUT2D eigenvalue weighted by Crippen LogP contribution is 2.33. The number of aliphatic carboxylic acids is 1. The molecule has 0 fully saturated rings. The second-order valence-corrected chi connectivity index (χ2v) is 4.89. The molecule has 0 bridgehead atoms. The molecule has 0 aliphatic carbocycles. The fraction of sp³-hybridized carbons (Fsp3) is 0.0625. The second kappa shape index (κ2) is 5.00. The third-order valence-electron chi connectivity index (χ3n) is 3.47. The molecule has 0 radical (unpaired) electrons. The number of amides is 1. The summed E-state index contributed by atoms with van der Waals surface area (Å²) in [4.78, 5) is 35.6. The Labute approximate surface area is 125 Å². The minimum absolute atomic E-state index is 0.129. The van der Waals surface area contributed by atoms with E-state index in [1.54, 1.807) is 30.3 Å². The Kier molecular flexibility index (Phi) is 3.14. The standard InChI is InChI=1S/C16H11NO5/c18-11-4-1-9(2-5-11)10-3-6-13-12(7-10)15(21)16(22)17(13)8-14(19)20/h1-7,18H,8H2,(H,19,20). The third kappa shape index (κ3) is 2.20. The van der Waals surface area contributed by atoms with E-state index in [0.717, 1.165) is 10.5 Å².